The second kappa shape index (κ2) is 6.44. The fourth-order valence-corrected chi connectivity index (χ4v) is 4.59. The first-order valence-corrected chi connectivity index (χ1v) is 10.2. The molecular weight excluding hydrogens is 394 g/mol. The minimum atomic E-state index is -1.22. The standard InChI is InChI=1S/C24H23N3O4/c1-24(2,3)20-10-15-13-6-5-7-14(17-8-9-25-26(17)4)21(13)31-22(15)18-11-19(28)16(23(29)30)12-27(18)20/h5-9,11-12,20H,10H2,1-4H3,(H,29,30). The zero-order chi connectivity index (χ0) is 22.1. The molecule has 1 atom stereocenters. The number of nitrogens with zero attached hydrogens (tertiary/aromatic N) is 3. The Hall–Kier alpha value is -3.61. The largest absolute Gasteiger partial charge is 0.477 e. The van der Waals surface area contributed by atoms with Crippen molar-refractivity contribution in [1.82, 2.24) is 14.3 Å². The Morgan fingerprint density at radius 2 is 2.00 bits per heavy atom. The van der Waals surface area contributed by atoms with Crippen LogP contribution in [0.4, 0.5) is 0 Å². The molecule has 158 valence electrons. The first-order chi connectivity index (χ1) is 14.7. The van der Waals surface area contributed by atoms with Crippen LogP contribution < -0.4 is 5.43 Å². The second-order valence-corrected chi connectivity index (χ2v) is 9.17. The van der Waals surface area contributed by atoms with Gasteiger partial charge < -0.3 is 14.1 Å². The van der Waals surface area contributed by atoms with E-state index in [1.807, 2.05) is 35.9 Å². The maximum absolute atomic E-state index is 12.6. The van der Waals surface area contributed by atoms with Gasteiger partial charge >= 0.3 is 5.97 Å². The maximum atomic E-state index is 12.6. The van der Waals surface area contributed by atoms with Gasteiger partial charge in [0.05, 0.1) is 11.4 Å². The summed E-state index contributed by atoms with van der Waals surface area (Å²) in [7, 11) is 1.88. The molecule has 4 aromatic rings. The van der Waals surface area contributed by atoms with Gasteiger partial charge in [-0.15, -0.1) is 0 Å². The molecule has 0 aliphatic carbocycles. The molecule has 1 unspecified atom stereocenters. The summed E-state index contributed by atoms with van der Waals surface area (Å²) in [5.41, 5.74) is 3.34. The molecular formula is C24H23N3O4. The summed E-state index contributed by atoms with van der Waals surface area (Å²) in [6.45, 7) is 6.36. The highest BCUT2D eigenvalue weighted by molar-refractivity contribution is 5.97. The van der Waals surface area contributed by atoms with E-state index in [-0.39, 0.29) is 17.0 Å². The summed E-state index contributed by atoms with van der Waals surface area (Å²) in [5, 5.41) is 14.8. The Balaban J connectivity index is 1.84. The molecule has 0 saturated carbocycles. The number of hydrogen-bond donors (Lipinski definition) is 1. The molecule has 0 saturated heterocycles. The van der Waals surface area contributed by atoms with E-state index in [9.17, 15) is 14.7 Å². The third-order valence-corrected chi connectivity index (χ3v) is 6.19. The molecule has 3 aromatic heterocycles. The number of aromatic carboxylic acids is 1. The summed E-state index contributed by atoms with van der Waals surface area (Å²) in [6, 6.07) is 9.34. The lowest BCUT2D eigenvalue weighted by atomic mass is 9.79. The van der Waals surface area contributed by atoms with Crippen LogP contribution in [0.5, 0.6) is 0 Å². The number of aromatic nitrogens is 3. The van der Waals surface area contributed by atoms with Gasteiger partial charge in [0.2, 0.25) is 0 Å². The van der Waals surface area contributed by atoms with Crippen molar-refractivity contribution in [2.24, 2.45) is 12.5 Å². The number of rotatable bonds is 2. The van der Waals surface area contributed by atoms with E-state index < -0.39 is 11.4 Å². The molecule has 7 nitrogen and oxygen atoms in total. The van der Waals surface area contributed by atoms with E-state index in [0.29, 0.717) is 17.9 Å². The van der Waals surface area contributed by atoms with Crippen molar-refractivity contribution in [3.05, 3.63) is 64.1 Å². The van der Waals surface area contributed by atoms with Gasteiger partial charge in [-0.25, -0.2) is 4.79 Å². The lowest BCUT2D eigenvalue weighted by Crippen LogP contribution is -2.32. The van der Waals surface area contributed by atoms with Crippen LogP contribution in [0.3, 0.4) is 0 Å². The monoisotopic (exact) mass is 417 g/mol. The van der Waals surface area contributed by atoms with Crippen molar-refractivity contribution < 1.29 is 14.3 Å². The van der Waals surface area contributed by atoms with Gasteiger partial charge in [0.15, 0.2) is 11.2 Å². The van der Waals surface area contributed by atoms with Gasteiger partial charge in [0.25, 0.3) is 0 Å². The summed E-state index contributed by atoms with van der Waals surface area (Å²) in [6.07, 6.45) is 3.89. The summed E-state index contributed by atoms with van der Waals surface area (Å²) in [4.78, 5) is 24.2. The summed E-state index contributed by atoms with van der Waals surface area (Å²) < 4.78 is 10.1. The van der Waals surface area contributed by atoms with Crippen LogP contribution in [0.25, 0.3) is 33.7 Å². The second-order valence-electron chi connectivity index (χ2n) is 9.17. The van der Waals surface area contributed by atoms with Gasteiger partial charge in [-0.1, -0.05) is 32.9 Å². The molecule has 7 heteroatoms. The first-order valence-electron chi connectivity index (χ1n) is 10.2. The van der Waals surface area contributed by atoms with E-state index >= 15 is 0 Å². The third-order valence-electron chi connectivity index (χ3n) is 6.19. The maximum Gasteiger partial charge on any atom is 0.341 e. The zero-order valence-electron chi connectivity index (χ0n) is 17.8. The molecule has 1 N–H and O–H groups in total. The summed E-state index contributed by atoms with van der Waals surface area (Å²) >= 11 is 0. The molecule has 0 spiro atoms. The SMILES string of the molecule is Cn1nccc1-c1cccc2c3c(oc12)-c1cc(=O)c(C(=O)O)cn1C(C(C)(C)C)C3. The van der Waals surface area contributed by atoms with Gasteiger partial charge in [-0.2, -0.15) is 5.10 Å². The predicted octanol–water partition coefficient (Wildman–Crippen LogP) is 4.50. The lowest BCUT2D eigenvalue weighted by molar-refractivity contribution is 0.0693. The van der Waals surface area contributed by atoms with Crippen LogP contribution in [0.15, 0.2) is 51.9 Å². The quantitative estimate of drug-likeness (QED) is 0.518. The molecule has 1 aliphatic heterocycles. The highest BCUT2D eigenvalue weighted by Gasteiger charge is 2.36. The van der Waals surface area contributed by atoms with Crippen LogP contribution >= 0.6 is 0 Å². The van der Waals surface area contributed by atoms with Crippen molar-refractivity contribution in [3.8, 4) is 22.7 Å². The Labute approximate surface area is 178 Å². The molecule has 5 rings (SSSR count). The van der Waals surface area contributed by atoms with Crippen molar-refractivity contribution in [1.29, 1.82) is 0 Å². The number of para-hydroxylation sites is 1. The van der Waals surface area contributed by atoms with Crippen LogP contribution in [0, 0.1) is 5.41 Å². The van der Waals surface area contributed by atoms with Crippen LogP contribution in [0.2, 0.25) is 0 Å². The van der Waals surface area contributed by atoms with Gasteiger partial charge in [0.1, 0.15) is 11.1 Å². The average molecular weight is 417 g/mol. The van der Waals surface area contributed by atoms with Crippen molar-refractivity contribution in [2.75, 3.05) is 0 Å². The van der Waals surface area contributed by atoms with Gasteiger partial charge in [0, 0.05) is 48.1 Å². The van der Waals surface area contributed by atoms with Gasteiger partial charge in [-0.05, 0) is 24.0 Å². The lowest BCUT2D eigenvalue weighted by Gasteiger charge is -2.37. The molecule has 4 heterocycles. The normalized spacial score (nSPS) is 15.7. The molecule has 1 aromatic carbocycles. The smallest absolute Gasteiger partial charge is 0.341 e. The zero-order valence-corrected chi connectivity index (χ0v) is 17.8. The minimum Gasteiger partial charge on any atom is -0.477 e. The topological polar surface area (TPSA) is 90.3 Å². The van der Waals surface area contributed by atoms with E-state index in [4.69, 9.17) is 4.42 Å². The van der Waals surface area contributed by atoms with E-state index in [2.05, 4.69) is 25.9 Å². The number of carbonyl (C=O) groups is 1. The number of carboxylic acid groups (broad SMARTS) is 1. The van der Waals surface area contributed by atoms with Crippen LogP contribution in [-0.2, 0) is 13.5 Å². The highest BCUT2D eigenvalue weighted by atomic mass is 16.4. The first kappa shape index (κ1) is 19.4. The van der Waals surface area contributed by atoms with Crippen LogP contribution in [0.1, 0.15) is 42.7 Å². The van der Waals surface area contributed by atoms with Crippen molar-refractivity contribution in [3.63, 3.8) is 0 Å². The Kier molecular flexibility index (Phi) is 4.02. The molecule has 0 bridgehead atoms. The summed E-state index contributed by atoms with van der Waals surface area (Å²) in [5.74, 6) is -0.596. The van der Waals surface area contributed by atoms with Gasteiger partial charge in [-0.3, -0.25) is 9.48 Å². The van der Waals surface area contributed by atoms with E-state index in [1.54, 1.807) is 10.9 Å². The molecule has 31 heavy (non-hydrogen) atoms. The fourth-order valence-electron chi connectivity index (χ4n) is 4.59. The Morgan fingerprint density at radius 3 is 2.65 bits per heavy atom. The van der Waals surface area contributed by atoms with E-state index in [0.717, 1.165) is 27.8 Å². The van der Waals surface area contributed by atoms with Crippen molar-refractivity contribution in [2.45, 2.75) is 33.2 Å². The minimum absolute atomic E-state index is 0.0325. The molecule has 0 radical (unpaired) electrons. The van der Waals surface area contributed by atoms with Crippen molar-refractivity contribution >= 4 is 16.9 Å². The number of furan rings is 1. The molecule has 1 aliphatic rings. The third kappa shape index (κ3) is 2.84. The number of carboxylic acids is 1. The fraction of sp³-hybridized carbons (Fsp3) is 0.292. The number of pyridine rings is 1. The molecule has 0 amide bonds. The molecule has 0 fully saturated rings. The number of hydrogen-bond acceptors (Lipinski definition) is 4. The highest BCUT2D eigenvalue weighted by Crippen LogP contribution is 2.47. The number of fused-ring (bicyclic) bond motifs is 5. The van der Waals surface area contributed by atoms with Crippen LogP contribution in [-0.4, -0.2) is 25.4 Å². The Morgan fingerprint density at radius 1 is 1.23 bits per heavy atom. The average Bonchev–Trinajstić information content (AvgIpc) is 3.29. The Bertz CT molecular complexity index is 1420. The number of aryl methyl sites for hydroxylation is 1. The van der Waals surface area contributed by atoms with E-state index in [1.165, 1.54) is 12.3 Å². The predicted molar refractivity (Wildman–Crippen MR) is 117 cm³/mol. The number of benzene rings is 1.